The van der Waals surface area contributed by atoms with Gasteiger partial charge in [0.25, 0.3) is 5.91 Å². The number of hydrogen-bond acceptors (Lipinski definition) is 5. The maximum atomic E-state index is 13.5. The molecule has 1 fully saturated rings. The Bertz CT molecular complexity index is 1360. The van der Waals surface area contributed by atoms with Crippen LogP contribution in [0.5, 0.6) is 11.5 Å². The molecular formula is C28H23ClN2O3S. The van der Waals surface area contributed by atoms with Gasteiger partial charge in [0.05, 0.1) is 28.4 Å². The number of ether oxygens (including phenoxy) is 2. The summed E-state index contributed by atoms with van der Waals surface area (Å²) in [5.41, 5.74) is 4.45. The normalized spacial score (nSPS) is 15.5. The third kappa shape index (κ3) is 5.54. The molecule has 0 unspecified atom stereocenters. The molecule has 7 heteroatoms. The lowest BCUT2D eigenvalue weighted by atomic mass is 10.1. The molecule has 1 amide bonds. The number of anilines is 1. The van der Waals surface area contributed by atoms with Gasteiger partial charge in [0, 0.05) is 0 Å². The molecule has 0 atom stereocenters. The van der Waals surface area contributed by atoms with Gasteiger partial charge in [-0.2, -0.15) is 0 Å². The van der Waals surface area contributed by atoms with Crippen molar-refractivity contribution in [3.63, 3.8) is 0 Å². The highest BCUT2D eigenvalue weighted by atomic mass is 35.5. The minimum absolute atomic E-state index is 0.0647. The molecule has 0 spiro atoms. The molecule has 0 radical (unpaired) electrons. The van der Waals surface area contributed by atoms with Gasteiger partial charge in [-0.1, -0.05) is 52.9 Å². The van der Waals surface area contributed by atoms with Crippen LogP contribution >= 0.6 is 23.4 Å². The number of rotatable bonds is 6. The summed E-state index contributed by atoms with van der Waals surface area (Å²) in [6.07, 6.45) is 7.06. The summed E-state index contributed by atoms with van der Waals surface area (Å²) in [6, 6.07) is 19.1. The SMILES string of the molecule is C#CCOc1c(Cl)cc(/C=C2\SC(=Nc3ccc(C)cc3)N(c3ccc(C)cc3)C2=O)cc1OC. The molecule has 35 heavy (non-hydrogen) atoms. The van der Waals surface area contributed by atoms with Crippen molar-refractivity contribution in [1.29, 1.82) is 0 Å². The molecule has 0 N–H and O–H groups in total. The van der Waals surface area contributed by atoms with E-state index in [1.54, 1.807) is 23.1 Å². The van der Waals surface area contributed by atoms with Crippen LogP contribution < -0.4 is 14.4 Å². The van der Waals surface area contributed by atoms with Crippen LogP contribution in [0.2, 0.25) is 5.02 Å². The first kappa shape index (κ1) is 24.5. The molecule has 1 heterocycles. The number of carbonyl (C=O) groups excluding carboxylic acids is 1. The van der Waals surface area contributed by atoms with Crippen molar-refractivity contribution in [2.75, 3.05) is 18.6 Å². The lowest BCUT2D eigenvalue weighted by Crippen LogP contribution is -2.28. The number of nitrogens with zero attached hydrogens (tertiary/aromatic N) is 2. The number of carbonyl (C=O) groups is 1. The van der Waals surface area contributed by atoms with Crippen LogP contribution in [-0.2, 0) is 4.79 Å². The Hall–Kier alpha value is -3.66. The van der Waals surface area contributed by atoms with Crippen molar-refractivity contribution in [2.45, 2.75) is 13.8 Å². The van der Waals surface area contributed by atoms with E-state index >= 15 is 0 Å². The molecular weight excluding hydrogens is 480 g/mol. The van der Waals surface area contributed by atoms with Gasteiger partial charge in [-0.25, -0.2) is 4.99 Å². The topological polar surface area (TPSA) is 51.1 Å². The average molecular weight is 503 g/mol. The van der Waals surface area contributed by atoms with E-state index < -0.39 is 0 Å². The number of amidine groups is 1. The van der Waals surface area contributed by atoms with E-state index in [4.69, 9.17) is 32.5 Å². The van der Waals surface area contributed by atoms with Crippen molar-refractivity contribution in [3.05, 3.63) is 87.3 Å². The second-order valence-electron chi connectivity index (χ2n) is 7.84. The zero-order chi connectivity index (χ0) is 24.9. The molecule has 4 rings (SSSR count). The smallest absolute Gasteiger partial charge is 0.271 e. The Labute approximate surface area is 214 Å². The first-order chi connectivity index (χ1) is 16.9. The zero-order valence-electron chi connectivity index (χ0n) is 19.5. The number of aliphatic imine (C=N–C) groups is 1. The van der Waals surface area contributed by atoms with Gasteiger partial charge in [-0.3, -0.25) is 9.69 Å². The minimum Gasteiger partial charge on any atom is -0.493 e. The van der Waals surface area contributed by atoms with Crippen molar-refractivity contribution in [1.82, 2.24) is 0 Å². The number of thioether (sulfide) groups is 1. The standard InChI is InChI=1S/C28H23ClN2O3S/c1-5-14-34-26-23(29)15-20(16-24(26)33-4)17-25-27(32)31(22-12-8-19(3)9-13-22)28(35-25)30-21-10-6-18(2)7-11-21/h1,6-13,15-17H,14H2,2-4H3/b25-17-,30-28?. The maximum Gasteiger partial charge on any atom is 0.271 e. The molecule has 0 bridgehead atoms. The van der Waals surface area contributed by atoms with Gasteiger partial charge < -0.3 is 9.47 Å². The molecule has 1 aliphatic rings. The van der Waals surface area contributed by atoms with Crippen LogP contribution in [0, 0.1) is 26.2 Å². The van der Waals surface area contributed by atoms with E-state index in [1.165, 1.54) is 18.9 Å². The van der Waals surface area contributed by atoms with E-state index in [-0.39, 0.29) is 12.5 Å². The van der Waals surface area contributed by atoms with E-state index in [0.29, 0.717) is 32.2 Å². The quantitative estimate of drug-likeness (QED) is 0.275. The monoisotopic (exact) mass is 502 g/mol. The van der Waals surface area contributed by atoms with Crippen LogP contribution in [0.15, 0.2) is 70.6 Å². The minimum atomic E-state index is -0.174. The van der Waals surface area contributed by atoms with E-state index in [2.05, 4.69) is 5.92 Å². The summed E-state index contributed by atoms with van der Waals surface area (Å²) in [7, 11) is 1.52. The summed E-state index contributed by atoms with van der Waals surface area (Å²) >= 11 is 7.73. The number of methoxy groups -OCH3 is 1. The van der Waals surface area contributed by atoms with Crippen molar-refractivity contribution >= 4 is 51.9 Å². The number of hydrogen-bond donors (Lipinski definition) is 0. The number of terminal acetylenes is 1. The first-order valence-corrected chi connectivity index (χ1v) is 12.0. The Morgan fingerprint density at radius 1 is 1.09 bits per heavy atom. The summed E-state index contributed by atoms with van der Waals surface area (Å²) < 4.78 is 11.0. The molecule has 5 nitrogen and oxygen atoms in total. The second-order valence-corrected chi connectivity index (χ2v) is 9.26. The zero-order valence-corrected chi connectivity index (χ0v) is 21.1. The van der Waals surface area contributed by atoms with Gasteiger partial charge in [-0.05, 0) is 73.6 Å². The summed E-state index contributed by atoms with van der Waals surface area (Å²) in [6.45, 7) is 4.09. The molecule has 0 saturated carbocycles. The van der Waals surface area contributed by atoms with Crippen LogP contribution in [0.25, 0.3) is 6.08 Å². The highest BCUT2D eigenvalue weighted by Gasteiger charge is 2.35. The molecule has 176 valence electrons. The Balaban J connectivity index is 1.75. The summed E-state index contributed by atoms with van der Waals surface area (Å²) in [4.78, 5) is 20.4. The Morgan fingerprint density at radius 2 is 1.74 bits per heavy atom. The highest BCUT2D eigenvalue weighted by molar-refractivity contribution is 8.19. The maximum absolute atomic E-state index is 13.5. The third-order valence-electron chi connectivity index (χ3n) is 5.21. The van der Waals surface area contributed by atoms with E-state index in [0.717, 1.165) is 22.5 Å². The van der Waals surface area contributed by atoms with Gasteiger partial charge in [0.15, 0.2) is 16.7 Å². The fraction of sp³-hybridized carbons (Fsp3) is 0.143. The molecule has 1 saturated heterocycles. The van der Waals surface area contributed by atoms with Crippen LogP contribution in [-0.4, -0.2) is 24.8 Å². The predicted octanol–water partition coefficient (Wildman–Crippen LogP) is 6.79. The van der Waals surface area contributed by atoms with Crippen molar-refractivity contribution in [3.8, 4) is 23.8 Å². The molecule has 3 aromatic carbocycles. The number of amides is 1. The fourth-order valence-electron chi connectivity index (χ4n) is 3.43. The molecule has 0 aromatic heterocycles. The van der Waals surface area contributed by atoms with Gasteiger partial charge in [0.1, 0.15) is 6.61 Å². The van der Waals surface area contributed by atoms with E-state index in [1.807, 2.05) is 62.4 Å². The summed E-state index contributed by atoms with van der Waals surface area (Å²) in [5.74, 6) is 3.03. The van der Waals surface area contributed by atoms with Crippen LogP contribution in [0.3, 0.4) is 0 Å². The Morgan fingerprint density at radius 3 is 2.37 bits per heavy atom. The lowest BCUT2D eigenvalue weighted by Gasteiger charge is -2.16. The highest BCUT2D eigenvalue weighted by Crippen LogP contribution is 2.40. The lowest BCUT2D eigenvalue weighted by molar-refractivity contribution is -0.113. The van der Waals surface area contributed by atoms with Crippen molar-refractivity contribution < 1.29 is 14.3 Å². The molecule has 1 aliphatic heterocycles. The number of benzene rings is 3. The number of aryl methyl sites for hydroxylation is 2. The predicted molar refractivity (Wildman–Crippen MR) is 145 cm³/mol. The molecule has 3 aromatic rings. The van der Waals surface area contributed by atoms with Gasteiger partial charge >= 0.3 is 0 Å². The second kappa shape index (κ2) is 10.7. The summed E-state index contributed by atoms with van der Waals surface area (Å²) in [5, 5.41) is 0.909. The van der Waals surface area contributed by atoms with Crippen molar-refractivity contribution in [2.24, 2.45) is 4.99 Å². The third-order valence-corrected chi connectivity index (χ3v) is 6.46. The van der Waals surface area contributed by atoms with Gasteiger partial charge in [-0.15, -0.1) is 6.42 Å². The van der Waals surface area contributed by atoms with Crippen LogP contribution in [0.1, 0.15) is 16.7 Å². The van der Waals surface area contributed by atoms with E-state index in [9.17, 15) is 4.79 Å². The average Bonchev–Trinajstić information content (AvgIpc) is 3.14. The van der Waals surface area contributed by atoms with Crippen LogP contribution in [0.4, 0.5) is 11.4 Å². The fourth-order valence-corrected chi connectivity index (χ4v) is 4.70. The first-order valence-electron chi connectivity index (χ1n) is 10.8. The largest absolute Gasteiger partial charge is 0.493 e. The molecule has 0 aliphatic carbocycles. The Kier molecular flexibility index (Phi) is 7.50. The van der Waals surface area contributed by atoms with Gasteiger partial charge in [0.2, 0.25) is 0 Å². The number of halogens is 1.